The van der Waals surface area contributed by atoms with Gasteiger partial charge in [-0.15, -0.1) is 11.3 Å². The van der Waals surface area contributed by atoms with Crippen LogP contribution >= 0.6 is 11.3 Å². The molecule has 2 N–H and O–H groups in total. The van der Waals surface area contributed by atoms with E-state index in [1.807, 2.05) is 47.5 Å². The number of likely N-dealkylation sites (tertiary alicyclic amines) is 1. The zero-order valence-corrected chi connectivity index (χ0v) is 16.8. The fraction of sp³-hybridized carbons (Fsp3) is 0.381. The molecule has 7 heteroatoms. The SMILES string of the molecule is Cc1ccccc1C(=O)NC1CCN(C(=O)CCNC(=O)c2cccs2)CC1. The fourth-order valence-corrected chi connectivity index (χ4v) is 3.94. The smallest absolute Gasteiger partial charge is 0.261 e. The topological polar surface area (TPSA) is 78.5 Å². The van der Waals surface area contributed by atoms with E-state index in [0.717, 1.165) is 18.4 Å². The highest BCUT2D eigenvalue weighted by atomic mass is 32.1. The first-order valence-corrected chi connectivity index (χ1v) is 10.4. The Hall–Kier alpha value is -2.67. The number of nitrogens with one attached hydrogen (secondary N) is 2. The van der Waals surface area contributed by atoms with Gasteiger partial charge in [-0.1, -0.05) is 24.3 Å². The van der Waals surface area contributed by atoms with Gasteiger partial charge in [0.15, 0.2) is 0 Å². The largest absolute Gasteiger partial charge is 0.351 e. The molecule has 0 aliphatic carbocycles. The van der Waals surface area contributed by atoms with Gasteiger partial charge in [0.2, 0.25) is 5.91 Å². The molecule has 1 aromatic carbocycles. The summed E-state index contributed by atoms with van der Waals surface area (Å²) in [6.45, 7) is 3.50. The Balaban J connectivity index is 1.38. The number of nitrogens with zero attached hydrogens (tertiary/aromatic N) is 1. The van der Waals surface area contributed by atoms with Crippen molar-refractivity contribution in [3.8, 4) is 0 Å². The van der Waals surface area contributed by atoms with Crippen LogP contribution in [0.4, 0.5) is 0 Å². The second-order valence-electron chi connectivity index (χ2n) is 6.93. The van der Waals surface area contributed by atoms with Crippen molar-refractivity contribution in [1.82, 2.24) is 15.5 Å². The summed E-state index contributed by atoms with van der Waals surface area (Å²) in [6, 6.07) is 11.2. The Morgan fingerprint density at radius 2 is 1.82 bits per heavy atom. The Bertz CT molecular complexity index is 827. The van der Waals surface area contributed by atoms with E-state index in [1.54, 1.807) is 6.07 Å². The molecule has 1 aliphatic heterocycles. The molecule has 0 bridgehead atoms. The van der Waals surface area contributed by atoms with Crippen molar-refractivity contribution in [3.63, 3.8) is 0 Å². The van der Waals surface area contributed by atoms with E-state index in [9.17, 15) is 14.4 Å². The minimum absolute atomic E-state index is 0.0372. The third-order valence-electron chi connectivity index (χ3n) is 4.94. The highest BCUT2D eigenvalue weighted by Gasteiger charge is 2.24. The number of hydrogen-bond acceptors (Lipinski definition) is 4. The first-order chi connectivity index (χ1) is 13.5. The molecule has 1 aliphatic rings. The first kappa shape index (κ1) is 20.1. The van der Waals surface area contributed by atoms with E-state index in [1.165, 1.54) is 11.3 Å². The van der Waals surface area contributed by atoms with Crippen LogP contribution in [0.2, 0.25) is 0 Å². The zero-order chi connectivity index (χ0) is 19.9. The minimum Gasteiger partial charge on any atom is -0.351 e. The molecule has 0 unspecified atom stereocenters. The number of piperidine rings is 1. The van der Waals surface area contributed by atoms with Gasteiger partial charge in [0.05, 0.1) is 4.88 Å². The van der Waals surface area contributed by atoms with Crippen LogP contribution in [0.25, 0.3) is 0 Å². The third kappa shape index (κ3) is 5.19. The van der Waals surface area contributed by atoms with Crippen LogP contribution in [-0.2, 0) is 4.79 Å². The quantitative estimate of drug-likeness (QED) is 0.784. The summed E-state index contributed by atoms with van der Waals surface area (Å²) in [5, 5.41) is 7.71. The van der Waals surface area contributed by atoms with Gasteiger partial charge < -0.3 is 15.5 Å². The third-order valence-corrected chi connectivity index (χ3v) is 5.81. The number of amides is 3. The molecular weight excluding hydrogens is 374 g/mol. The molecule has 1 fully saturated rings. The molecule has 2 heterocycles. The van der Waals surface area contributed by atoms with Crippen LogP contribution in [0.5, 0.6) is 0 Å². The van der Waals surface area contributed by atoms with E-state index in [2.05, 4.69) is 10.6 Å². The fourth-order valence-electron chi connectivity index (χ4n) is 3.30. The van der Waals surface area contributed by atoms with Crippen LogP contribution < -0.4 is 10.6 Å². The maximum absolute atomic E-state index is 12.4. The van der Waals surface area contributed by atoms with Gasteiger partial charge in [-0.25, -0.2) is 0 Å². The van der Waals surface area contributed by atoms with E-state index < -0.39 is 0 Å². The Morgan fingerprint density at radius 3 is 2.50 bits per heavy atom. The summed E-state index contributed by atoms with van der Waals surface area (Å²) in [4.78, 5) is 39.1. The van der Waals surface area contributed by atoms with Crippen LogP contribution in [0, 0.1) is 6.92 Å². The van der Waals surface area contributed by atoms with Gasteiger partial charge in [-0.05, 0) is 42.8 Å². The standard InChI is InChI=1S/C21H25N3O3S/c1-15-5-2-3-6-17(15)20(26)23-16-9-12-24(13-10-16)19(25)8-11-22-21(27)18-7-4-14-28-18/h2-7,14,16H,8-13H2,1H3,(H,22,27)(H,23,26). The predicted molar refractivity (Wildman–Crippen MR) is 110 cm³/mol. The van der Waals surface area contributed by atoms with Gasteiger partial charge in [0, 0.05) is 37.7 Å². The van der Waals surface area contributed by atoms with Gasteiger partial charge in [-0.2, -0.15) is 0 Å². The molecule has 3 amide bonds. The highest BCUT2D eigenvalue weighted by Crippen LogP contribution is 2.14. The average molecular weight is 400 g/mol. The van der Waals surface area contributed by atoms with Crippen molar-refractivity contribution in [3.05, 3.63) is 57.8 Å². The zero-order valence-electron chi connectivity index (χ0n) is 15.9. The Morgan fingerprint density at radius 1 is 1.07 bits per heavy atom. The second kappa shape index (κ2) is 9.50. The average Bonchev–Trinajstić information content (AvgIpc) is 3.23. The van der Waals surface area contributed by atoms with Crippen molar-refractivity contribution in [1.29, 1.82) is 0 Å². The molecule has 0 atom stereocenters. The Labute approximate surface area is 168 Å². The molecule has 6 nitrogen and oxygen atoms in total. The van der Waals surface area contributed by atoms with Crippen molar-refractivity contribution in [2.45, 2.75) is 32.2 Å². The van der Waals surface area contributed by atoms with E-state index in [-0.39, 0.29) is 30.2 Å². The van der Waals surface area contributed by atoms with Gasteiger partial charge >= 0.3 is 0 Å². The number of hydrogen-bond donors (Lipinski definition) is 2. The van der Waals surface area contributed by atoms with Crippen LogP contribution in [0.3, 0.4) is 0 Å². The summed E-state index contributed by atoms with van der Waals surface area (Å²) in [5.41, 5.74) is 1.65. The lowest BCUT2D eigenvalue weighted by molar-refractivity contribution is -0.132. The lowest BCUT2D eigenvalue weighted by atomic mass is 10.0. The first-order valence-electron chi connectivity index (χ1n) is 9.50. The number of rotatable bonds is 6. The molecule has 1 aromatic heterocycles. The van der Waals surface area contributed by atoms with Crippen molar-refractivity contribution in [2.24, 2.45) is 0 Å². The van der Waals surface area contributed by atoms with Crippen molar-refractivity contribution >= 4 is 29.1 Å². The number of aryl methyl sites for hydroxylation is 1. The highest BCUT2D eigenvalue weighted by molar-refractivity contribution is 7.12. The summed E-state index contributed by atoms with van der Waals surface area (Å²) in [7, 11) is 0. The van der Waals surface area contributed by atoms with Gasteiger partial charge in [0.1, 0.15) is 0 Å². The normalized spacial score (nSPS) is 14.5. The van der Waals surface area contributed by atoms with Gasteiger partial charge in [-0.3, -0.25) is 14.4 Å². The summed E-state index contributed by atoms with van der Waals surface area (Å²) in [5.74, 6) is -0.158. The number of carbonyl (C=O) groups is 3. The Kier molecular flexibility index (Phi) is 6.81. The molecule has 3 rings (SSSR count). The van der Waals surface area contributed by atoms with Crippen LogP contribution in [0.15, 0.2) is 41.8 Å². The monoisotopic (exact) mass is 399 g/mol. The number of carbonyl (C=O) groups excluding carboxylic acids is 3. The molecule has 0 radical (unpaired) electrons. The van der Waals surface area contributed by atoms with Crippen molar-refractivity contribution in [2.75, 3.05) is 19.6 Å². The molecule has 1 saturated heterocycles. The van der Waals surface area contributed by atoms with E-state index in [4.69, 9.17) is 0 Å². The molecule has 0 spiro atoms. The summed E-state index contributed by atoms with van der Waals surface area (Å²) < 4.78 is 0. The predicted octanol–water partition coefficient (Wildman–Crippen LogP) is 2.60. The number of thiophene rings is 1. The van der Waals surface area contributed by atoms with Crippen LogP contribution in [-0.4, -0.2) is 48.3 Å². The lowest BCUT2D eigenvalue weighted by Crippen LogP contribution is -2.47. The summed E-state index contributed by atoms with van der Waals surface area (Å²) in [6.07, 6.45) is 1.77. The maximum Gasteiger partial charge on any atom is 0.261 e. The lowest BCUT2D eigenvalue weighted by Gasteiger charge is -2.32. The van der Waals surface area contributed by atoms with E-state index in [0.29, 0.717) is 30.1 Å². The molecule has 2 aromatic rings. The number of benzene rings is 1. The second-order valence-corrected chi connectivity index (χ2v) is 7.87. The van der Waals surface area contributed by atoms with E-state index >= 15 is 0 Å². The summed E-state index contributed by atoms with van der Waals surface area (Å²) >= 11 is 1.38. The minimum atomic E-state index is -0.138. The molecule has 148 valence electrons. The van der Waals surface area contributed by atoms with Crippen molar-refractivity contribution < 1.29 is 14.4 Å². The van der Waals surface area contributed by atoms with Crippen LogP contribution in [0.1, 0.15) is 44.9 Å². The van der Waals surface area contributed by atoms with Gasteiger partial charge in [0.25, 0.3) is 11.8 Å². The molecule has 28 heavy (non-hydrogen) atoms. The molecular formula is C21H25N3O3S. The molecule has 0 saturated carbocycles. The maximum atomic E-state index is 12.4.